The van der Waals surface area contributed by atoms with Gasteiger partial charge in [0.1, 0.15) is 0 Å². The minimum Gasteiger partial charge on any atom is -0.469 e. The molecule has 0 aliphatic heterocycles. The number of hydrogen-bond donors (Lipinski definition) is 0. The van der Waals surface area contributed by atoms with Crippen LogP contribution >= 0.6 is 0 Å². The lowest BCUT2D eigenvalue weighted by Gasteiger charge is -2.13. The van der Waals surface area contributed by atoms with Gasteiger partial charge in [-0.3, -0.25) is 14.9 Å². The van der Waals surface area contributed by atoms with Gasteiger partial charge in [-0.25, -0.2) is 0 Å². The number of methoxy groups -OCH3 is 1. The van der Waals surface area contributed by atoms with Crippen LogP contribution in [-0.4, -0.2) is 22.4 Å². The third-order valence-electron chi connectivity index (χ3n) is 4.10. The van der Waals surface area contributed by atoms with Gasteiger partial charge < -0.3 is 9.14 Å². The lowest BCUT2D eigenvalue weighted by molar-refractivity contribution is -0.384. The van der Waals surface area contributed by atoms with E-state index in [0.29, 0.717) is 0 Å². The smallest absolute Gasteiger partial charge is 0.310 e. The lowest BCUT2D eigenvalue weighted by atomic mass is 9.93. The van der Waals surface area contributed by atoms with E-state index in [0.717, 1.165) is 42.3 Å². The van der Waals surface area contributed by atoms with E-state index in [1.165, 1.54) is 18.9 Å². The molecule has 0 atom stereocenters. The second-order valence-corrected chi connectivity index (χ2v) is 5.26. The zero-order valence-corrected chi connectivity index (χ0v) is 11.8. The van der Waals surface area contributed by atoms with E-state index >= 15 is 0 Å². The van der Waals surface area contributed by atoms with Gasteiger partial charge in [-0.2, -0.15) is 0 Å². The molecule has 1 aliphatic rings. The largest absolute Gasteiger partial charge is 0.469 e. The van der Waals surface area contributed by atoms with Crippen molar-refractivity contribution in [3.8, 4) is 0 Å². The highest BCUT2D eigenvalue weighted by Gasteiger charge is 2.23. The van der Waals surface area contributed by atoms with E-state index in [9.17, 15) is 14.9 Å². The van der Waals surface area contributed by atoms with Gasteiger partial charge in [0.2, 0.25) is 0 Å². The average molecular weight is 288 g/mol. The van der Waals surface area contributed by atoms with Crippen LogP contribution < -0.4 is 0 Å². The second kappa shape index (κ2) is 5.20. The molecule has 6 heteroatoms. The molecule has 2 heterocycles. The molecule has 3 rings (SSSR count). The topological polar surface area (TPSA) is 73.8 Å². The van der Waals surface area contributed by atoms with Gasteiger partial charge in [-0.1, -0.05) is 0 Å². The van der Waals surface area contributed by atoms with Crippen LogP contribution in [0.4, 0.5) is 5.69 Å². The fraction of sp³-hybridized carbons (Fsp3) is 0.400. The molecular formula is C15H16N2O4. The van der Waals surface area contributed by atoms with Crippen molar-refractivity contribution in [2.45, 2.75) is 32.1 Å². The number of hydrogen-bond acceptors (Lipinski definition) is 4. The maximum absolute atomic E-state index is 11.7. The summed E-state index contributed by atoms with van der Waals surface area (Å²) in [6, 6.07) is 3.06. The van der Waals surface area contributed by atoms with Crippen LogP contribution in [0.2, 0.25) is 0 Å². The number of nitro groups is 1. The van der Waals surface area contributed by atoms with Crippen LogP contribution in [0.15, 0.2) is 18.3 Å². The molecule has 0 unspecified atom stereocenters. The Kier molecular flexibility index (Phi) is 3.37. The standard InChI is InChI=1S/C15H16N2O4/c1-21-15(18)9-12-11-4-2-3-5-13(11)16-7-6-10(17(19)20)8-14(12)16/h6-8H,2-5,9H2,1H3. The Morgan fingerprint density at radius 1 is 1.43 bits per heavy atom. The molecule has 0 fully saturated rings. The predicted molar refractivity (Wildman–Crippen MR) is 76.4 cm³/mol. The van der Waals surface area contributed by atoms with Gasteiger partial charge in [-0.05, 0) is 36.8 Å². The van der Waals surface area contributed by atoms with Crippen LogP contribution in [0.25, 0.3) is 5.52 Å². The summed E-state index contributed by atoms with van der Waals surface area (Å²) in [5.74, 6) is -0.317. The van der Waals surface area contributed by atoms with Crippen molar-refractivity contribution in [2.24, 2.45) is 0 Å². The molecule has 0 bridgehead atoms. The van der Waals surface area contributed by atoms with Crippen LogP contribution in [0.1, 0.15) is 29.7 Å². The number of carbonyl (C=O) groups is 1. The first-order valence-electron chi connectivity index (χ1n) is 6.97. The highest BCUT2D eigenvalue weighted by atomic mass is 16.6. The minimum absolute atomic E-state index is 0.0449. The number of esters is 1. The molecule has 0 amide bonds. The second-order valence-electron chi connectivity index (χ2n) is 5.26. The number of aromatic nitrogens is 1. The molecule has 6 nitrogen and oxygen atoms in total. The summed E-state index contributed by atoms with van der Waals surface area (Å²) in [6.45, 7) is 0. The van der Waals surface area contributed by atoms with Crippen molar-refractivity contribution in [3.05, 3.63) is 45.3 Å². The Morgan fingerprint density at radius 3 is 2.90 bits per heavy atom. The van der Waals surface area contributed by atoms with Crippen molar-refractivity contribution in [1.29, 1.82) is 0 Å². The molecule has 0 saturated heterocycles. The maximum Gasteiger partial charge on any atom is 0.310 e. The van der Waals surface area contributed by atoms with E-state index < -0.39 is 4.92 Å². The number of aryl methyl sites for hydroxylation is 1. The van der Waals surface area contributed by atoms with Crippen molar-refractivity contribution in [2.75, 3.05) is 7.11 Å². The number of pyridine rings is 1. The van der Waals surface area contributed by atoms with Crippen molar-refractivity contribution < 1.29 is 14.5 Å². The first kappa shape index (κ1) is 13.6. The minimum atomic E-state index is -0.409. The molecule has 110 valence electrons. The summed E-state index contributed by atoms with van der Waals surface area (Å²) in [6.07, 6.45) is 5.94. The number of fused-ring (bicyclic) bond motifs is 3. The van der Waals surface area contributed by atoms with E-state index in [1.807, 2.05) is 4.40 Å². The molecule has 1 aliphatic carbocycles. The Hall–Kier alpha value is -2.37. The van der Waals surface area contributed by atoms with Gasteiger partial charge in [-0.15, -0.1) is 0 Å². The molecular weight excluding hydrogens is 272 g/mol. The summed E-state index contributed by atoms with van der Waals surface area (Å²) in [5.41, 5.74) is 4.00. The van der Waals surface area contributed by atoms with Crippen molar-refractivity contribution in [1.82, 2.24) is 4.40 Å². The number of rotatable bonds is 3. The van der Waals surface area contributed by atoms with Gasteiger partial charge in [0, 0.05) is 24.0 Å². The third kappa shape index (κ3) is 2.26. The molecule has 2 aromatic heterocycles. The van der Waals surface area contributed by atoms with Crippen molar-refractivity contribution >= 4 is 17.2 Å². The van der Waals surface area contributed by atoms with E-state index in [-0.39, 0.29) is 18.1 Å². The normalized spacial score (nSPS) is 14.0. The van der Waals surface area contributed by atoms with Crippen LogP contribution in [0.5, 0.6) is 0 Å². The first-order chi connectivity index (χ1) is 10.1. The summed E-state index contributed by atoms with van der Waals surface area (Å²) >= 11 is 0. The number of carbonyl (C=O) groups excluding carboxylic acids is 1. The highest BCUT2D eigenvalue weighted by molar-refractivity contribution is 5.79. The van der Waals surface area contributed by atoms with Gasteiger partial charge in [0.05, 0.1) is 24.0 Å². The van der Waals surface area contributed by atoms with Crippen molar-refractivity contribution in [3.63, 3.8) is 0 Å². The SMILES string of the molecule is COC(=O)Cc1c2c(n3ccc([N+](=O)[O-])cc13)CCCC2. The predicted octanol–water partition coefficient (Wildman–Crippen LogP) is 2.44. The van der Waals surface area contributed by atoms with Gasteiger partial charge in [0.15, 0.2) is 0 Å². The lowest BCUT2D eigenvalue weighted by Crippen LogP contribution is -2.08. The molecule has 21 heavy (non-hydrogen) atoms. The summed E-state index contributed by atoms with van der Waals surface area (Å²) < 4.78 is 6.74. The first-order valence-corrected chi connectivity index (χ1v) is 6.97. The maximum atomic E-state index is 11.7. The molecule has 0 radical (unpaired) electrons. The summed E-state index contributed by atoms with van der Waals surface area (Å²) in [5, 5.41) is 11.0. The van der Waals surface area contributed by atoms with Gasteiger partial charge in [0.25, 0.3) is 5.69 Å². The molecule has 0 spiro atoms. The molecule has 0 aromatic carbocycles. The quantitative estimate of drug-likeness (QED) is 0.494. The fourth-order valence-corrected chi connectivity index (χ4v) is 3.12. The highest BCUT2D eigenvalue weighted by Crippen LogP contribution is 2.32. The average Bonchev–Trinajstić information content (AvgIpc) is 2.81. The zero-order chi connectivity index (χ0) is 15.0. The Balaban J connectivity index is 2.22. The van der Waals surface area contributed by atoms with Crippen LogP contribution in [0, 0.1) is 10.1 Å². The van der Waals surface area contributed by atoms with Gasteiger partial charge >= 0.3 is 5.97 Å². The fourth-order valence-electron chi connectivity index (χ4n) is 3.12. The number of nitrogens with zero attached hydrogens (tertiary/aromatic N) is 2. The molecule has 2 aromatic rings. The number of ether oxygens (including phenoxy) is 1. The van der Waals surface area contributed by atoms with Crippen LogP contribution in [-0.2, 0) is 28.8 Å². The Morgan fingerprint density at radius 2 is 2.19 bits per heavy atom. The van der Waals surface area contributed by atoms with Crippen LogP contribution in [0.3, 0.4) is 0 Å². The molecule has 0 N–H and O–H groups in total. The summed E-state index contributed by atoms with van der Waals surface area (Å²) in [7, 11) is 1.36. The van der Waals surface area contributed by atoms with E-state index in [2.05, 4.69) is 0 Å². The zero-order valence-electron chi connectivity index (χ0n) is 11.8. The van der Waals surface area contributed by atoms with E-state index in [4.69, 9.17) is 4.74 Å². The summed E-state index contributed by atoms with van der Waals surface area (Å²) in [4.78, 5) is 22.2. The Bertz CT molecular complexity index is 733. The molecule has 0 saturated carbocycles. The monoisotopic (exact) mass is 288 g/mol. The Labute approximate surface area is 121 Å². The van der Waals surface area contributed by atoms with E-state index in [1.54, 1.807) is 12.3 Å². The third-order valence-corrected chi connectivity index (χ3v) is 4.10.